The van der Waals surface area contributed by atoms with Gasteiger partial charge >= 0.3 is 0 Å². The largest absolute Gasteiger partial charge is 0.368 e. The van der Waals surface area contributed by atoms with Gasteiger partial charge in [-0.2, -0.15) is 0 Å². The summed E-state index contributed by atoms with van der Waals surface area (Å²) in [4.78, 5) is 14.1. The Morgan fingerprint density at radius 2 is 1.63 bits per heavy atom. The van der Waals surface area contributed by atoms with Crippen LogP contribution in [0.1, 0.15) is 10.4 Å². The third-order valence-electron chi connectivity index (χ3n) is 2.63. The van der Waals surface area contributed by atoms with Crippen LogP contribution in [0, 0.1) is 0 Å². The van der Waals surface area contributed by atoms with Crippen LogP contribution in [0.5, 0.6) is 0 Å². The molecular weight excluding hydrogens is 240 g/mol. The van der Waals surface area contributed by atoms with E-state index in [9.17, 15) is 4.79 Å². The van der Waals surface area contributed by atoms with Gasteiger partial charge in [0.25, 0.3) is 5.91 Å². The minimum atomic E-state index is -0.484. The number of rotatable bonds is 1. The van der Waals surface area contributed by atoms with Crippen LogP contribution >= 0.6 is 0 Å². The van der Waals surface area contributed by atoms with Gasteiger partial charge in [-0.15, -0.1) is 0 Å². The molecule has 1 heterocycles. The maximum Gasteiger partial charge on any atom is 0.275 e. The third-order valence-corrected chi connectivity index (χ3v) is 2.63. The fourth-order valence-corrected chi connectivity index (χ4v) is 1.76. The van der Waals surface area contributed by atoms with Gasteiger partial charge in [0.15, 0.2) is 0 Å². The monoisotopic (exact) mass is 254 g/mol. The molecule has 1 aromatic heterocycles. The highest BCUT2D eigenvalue weighted by Crippen LogP contribution is 2.17. The summed E-state index contributed by atoms with van der Waals surface area (Å²) in [5.74, 6) is -0.484. The van der Waals surface area contributed by atoms with Crippen LogP contribution in [-0.4, -0.2) is 16.1 Å². The number of aromatic amines is 1. The summed E-state index contributed by atoms with van der Waals surface area (Å²) in [6.45, 7) is 0. The Morgan fingerprint density at radius 3 is 2.26 bits per heavy atom. The average molecular weight is 254 g/mol. The molecule has 0 atom stereocenters. The number of hydroxylamine groups is 1. The molecule has 0 saturated heterocycles. The fraction of sp³-hybridized carbons (Fsp3) is 0. The molecule has 0 aliphatic rings. The van der Waals surface area contributed by atoms with E-state index in [1.54, 1.807) is 17.6 Å². The number of nitrogens with one attached hydrogen (secondary N) is 2. The topological polar surface area (TPSA) is 65.1 Å². The Labute approximate surface area is 110 Å². The van der Waals surface area contributed by atoms with Gasteiger partial charge in [0.05, 0.1) is 0 Å². The van der Waals surface area contributed by atoms with Crippen LogP contribution in [0.15, 0.2) is 67.0 Å². The van der Waals surface area contributed by atoms with Crippen LogP contribution in [0.25, 0.3) is 10.8 Å². The molecule has 0 unspecified atom stereocenters. The summed E-state index contributed by atoms with van der Waals surface area (Å²) < 4.78 is 0. The van der Waals surface area contributed by atoms with Crippen molar-refractivity contribution in [1.82, 2.24) is 10.5 Å². The molecule has 0 spiro atoms. The van der Waals surface area contributed by atoms with Gasteiger partial charge in [-0.1, -0.05) is 36.4 Å². The second-order valence-corrected chi connectivity index (χ2v) is 3.85. The molecular formula is C15H14N2O2. The van der Waals surface area contributed by atoms with Crippen LogP contribution in [0.3, 0.4) is 0 Å². The van der Waals surface area contributed by atoms with Crippen molar-refractivity contribution in [2.45, 2.75) is 0 Å². The number of aromatic nitrogens is 1. The van der Waals surface area contributed by atoms with E-state index in [-0.39, 0.29) is 0 Å². The predicted octanol–water partition coefficient (Wildman–Crippen LogP) is 2.97. The van der Waals surface area contributed by atoms with Gasteiger partial charge in [-0.3, -0.25) is 10.0 Å². The summed E-state index contributed by atoms with van der Waals surface area (Å²) in [5, 5.41) is 10.4. The summed E-state index contributed by atoms with van der Waals surface area (Å²) >= 11 is 0. The molecule has 3 N–H and O–H groups in total. The lowest BCUT2D eigenvalue weighted by atomic mass is 10.0. The first-order valence-electron chi connectivity index (χ1n) is 5.83. The lowest BCUT2D eigenvalue weighted by Gasteiger charge is -2.03. The van der Waals surface area contributed by atoms with Crippen molar-refractivity contribution in [3.8, 4) is 0 Å². The van der Waals surface area contributed by atoms with Gasteiger partial charge < -0.3 is 4.98 Å². The molecule has 4 nitrogen and oxygen atoms in total. The summed E-state index contributed by atoms with van der Waals surface area (Å²) in [5.41, 5.74) is 2.11. The van der Waals surface area contributed by atoms with Crippen LogP contribution < -0.4 is 5.48 Å². The van der Waals surface area contributed by atoms with E-state index < -0.39 is 5.91 Å². The zero-order valence-corrected chi connectivity index (χ0v) is 10.2. The van der Waals surface area contributed by atoms with Crippen molar-refractivity contribution in [2.24, 2.45) is 0 Å². The fourth-order valence-electron chi connectivity index (χ4n) is 1.76. The SMILES string of the molecule is O=C(NO)c1cccc2ccccc12.c1cc[nH]c1. The second kappa shape index (κ2) is 6.37. The number of carbonyl (C=O) groups is 1. The minimum absolute atomic E-state index is 0.477. The van der Waals surface area contributed by atoms with Crippen molar-refractivity contribution in [1.29, 1.82) is 0 Å². The Hall–Kier alpha value is -2.59. The quantitative estimate of drug-likeness (QED) is 0.461. The first-order chi connectivity index (χ1) is 9.33. The molecule has 19 heavy (non-hydrogen) atoms. The zero-order chi connectivity index (χ0) is 13.5. The third kappa shape index (κ3) is 3.20. The Bertz CT molecular complexity index is 626. The van der Waals surface area contributed by atoms with E-state index in [0.29, 0.717) is 5.56 Å². The standard InChI is InChI=1S/C11H9NO2.C4H5N/c13-11(12-14)10-7-3-5-8-4-1-2-6-9(8)10;1-2-4-5-3-1/h1-7,14H,(H,12,13);1-5H. The first-order valence-corrected chi connectivity index (χ1v) is 5.83. The molecule has 0 saturated carbocycles. The summed E-state index contributed by atoms with van der Waals surface area (Å²) in [7, 11) is 0. The molecule has 0 radical (unpaired) electrons. The maximum absolute atomic E-state index is 11.3. The highest BCUT2D eigenvalue weighted by Gasteiger charge is 2.07. The zero-order valence-electron chi connectivity index (χ0n) is 10.2. The van der Waals surface area contributed by atoms with Crippen molar-refractivity contribution >= 4 is 16.7 Å². The molecule has 4 heteroatoms. The maximum atomic E-state index is 11.3. The van der Waals surface area contributed by atoms with Gasteiger partial charge in [0, 0.05) is 18.0 Å². The average Bonchev–Trinajstić information content (AvgIpc) is 3.05. The van der Waals surface area contributed by atoms with Crippen LogP contribution in [-0.2, 0) is 0 Å². The molecule has 96 valence electrons. The van der Waals surface area contributed by atoms with Crippen molar-refractivity contribution < 1.29 is 10.0 Å². The number of amides is 1. The Kier molecular flexibility index (Phi) is 4.31. The second-order valence-electron chi connectivity index (χ2n) is 3.85. The van der Waals surface area contributed by atoms with Gasteiger partial charge in [-0.25, -0.2) is 5.48 Å². The van der Waals surface area contributed by atoms with Crippen LogP contribution in [0.4, 0.5) is 0 Å². The van der Waals surface area contributed by atoms with E-state index in [4.69, 9.17) is 5.21 Å². The van der Waals surface area contributed by atoms with E-state index in [1.807, 2.05) is 54.9 Å². The number of H-pyrrole nitrogens is 1. The molecule has 0 aliphatic heterocycles. The number of fused-ring (bicyclic) bond motifs is 1. The summed E-state index contributed by atoms with van der Waals surface area (Å²) in [6, 6.07) is 16.8. The van der Waals surface area contributed by atoms with Crippen molar-refractivity contribution in [3.05, 3.63) is 72.6 Å². The van der Waals surface area contributed by atoms with E-state index in [2.05, 4.69) is 4.98 Å². The molecule has 1 amide bonds. The highest BCUT2D eigenvalue weighted by molar-refractivity contribution is 6.06. The first kappa shape index (κ1) is 12.9. The molecule has 0 bridgehead atoms. The molecule has 3 rings (SSSR count). The lowest BCUT2D eigenvalue weighted by molar-refractivity contribution is 0.0708. The number of hydrogen-bond donors (Lipinski definition) is 3. The van der Waals surface area contributed by atoms with E-state index >= 15 is 0 Å². The van der Waals surface area contributed by atoms with Crippen LogP contribution in [0.2, 0.25) is 0 Å². The summed E-state index contributed by atoms with van der Waals surface area (Å²) in [6.07, 6.45) is 3.75. The smallest absolute Gasteiger partial charge is 0.275 e. The molecule has 3 aromatic rings. The van der Waals surface area contributed by atoms with Gasteiger partial charge in [-0.05, 0) is 29.0 Å². The van der Waals surface area contributed by atoms with Gasteiger partial charge in [0.2, 0.25) is 0 Å². The molecule has 2 aromatic carbocycles. The highest BCUT2D eigenvalue weighted by atomic mass is 16.5. The Morgan fingerprint density at radius 1 is 0.947 bits per heavy atom. The van der Waals surface area contributed by atoms with Gasteiger partial charge in [0.1, 0.15) is 0 Å². The van der Waals surface area contributed by atoms with E-state index in [1.165, 1.54) is 0 Å². The predicted molar refractivity (Wildman–Crippen MR) is 74.0 cm³/mol. The normalized spacial score (nSPS) is 9.53. The number of benzene rings is 2. The lowest BCUT2D eigenvalue weighted by Crippen LogP contribution is -2.18. The minimum Gasteiger partial charge on any atom is -0.368 e. The van der Waals surface area contributed by atoms with Crippen molar-refractivity contribution in [3.63, 3.8) is 0 Å². The van der Waals surface area contributed by atoms with Crippen molar-refractivity contribution in [2.75, 3.05) is 0 Å². The molecule has 0 fully saturated rings. The Balaban J connectivity index is 0.000000224. The number of hydrogen-bond acceptors (Lipinski definition) is 2. The number of carbonyl (C=O) groups excluding carboxylic acids is 1. The molecule has 0 aliphatic carbocycles. The van der Waals surface area contributed by atoms with E-state index in [0.717, 1.165) is 10.8 Å².